The smallest absolute Gasteiger partial charge is 0.116 e. The summed E-state index contributed by atoms with van der Waals surface area (Å²) < 4.78 is 4.95. The lowest BCUT2D eigenvalue weighted by atomic mass is 10.0. The third kappa shape index (κ3) is 3.34. The van der Waals surface area contributed by atoms with Gasteiger partial charge in [0.15, 0.2) is 0 Å². The molecule has 0 radical (unpaired) electrons. The quantitative estimate of drug-likeness (QED) is 0.536. The highest BCUT2D eigenvalue weighted by Gasteiger charge is 2.19. The molecule has 0 spiro atoms. The van der Waals surface area contributed by atoms with Gasteiger partial charge in [0.1, 0.15) is 5.75 Å². The molecule has 2 heteroatoms. The van der Waals surface area contributed by atoms with Gasteiger partial charge in [0.25, 0.3) is 0 Å². The number of epoxide rings is 1. The van der Waals surface area contributed by atoms with Crippen LogP contribution in [0.5, 0.6) is 5.75 Å². The van der Waals surface area contributed by atoms with Gasteiger partial charge in [-0.05, 0) is 40.1 Å². The maximum absolute atomic E-state index is 9.40. The number of hydrogen-bond donors (Lipinski definition) is 1. The summed E-state index contributed by atoms with van der Waals surface area (Å²) in [5.74, 6) is 0.317. The Kier molecular flexibility index (Phi) is 4.07. The van der Waals surface area contributed by atoms with E-state index in [0.717, 1.165) is 12.0 Å². The fourth-order valence-corrected chi connectivity index (χ4v) is 2.56. The summed E-state index contributed by atoms with van der Waals surface area (Å²) in [7, 11) is 0. The van der Waals surface area contributed by atoms with Crippen LogP contribution in [0.3, 0.4) is 0 Å². The molecular formula is C19H20O2. The highest BCUT2D eigenvalue weighted by Crippen LogP contribution is 2.27. The molecule has 4 rings (SSSR count). The lowest BCUT2D eigenvalue weighted by Gasteiger charge is -2.03. The molecule has 1 saturated heterocycles. The Morgan fingerprint density at radius 1 is 1.00 bits per heavy atom. The highest BCUT2D eigenvalue weighted by molar-refractivity contribution is 6.07. The Morgan fingerprint density at radius 2 is 1.71 bits per heavy atom. The Morgan fingerprint density at radius 3 is 2.43 bits per heavy atom. The minimum atomic E-state index is 0.317. The fraction of sp³-hybridized carbons (Fsp3) is 0.263. The van der Waals surface area contributed by atoms with Crippen LogP contribution in [0.2, 0.25) is 0 Å². The third-order valence-corrected chi connectivity index (χ3v) is 3.74. The fourth-order valence-electron chi connectivity index (χ4n) is 2.56. The summed E-state index contributed by atoms with van der Waals surface area (Å²) in [5.41, 5.74) is 0. The van der Waals surface area contributed by atoms with Crippen LogP contribution in [0.1, 0.15) is 19.8 Å². The predicted octanol–water partition coefficient (Wildman–Crippen LogP) is 4.88. The van der Waals surface area contributed by atoms with Gasteiger partial charge in [-0.2, -0.15) is 0 Å². The van der Waals surface area contributed by atoms with Gasteiger partial charge in [-0.15, -0.1) is 0 Å². The SMILES string of the molecule is CCCC1CO1.Oc1ccc2c(ccc3ccccc32)c1. The van der Waals surface area contributed by atoms with Crippen LogP contribution in [0, 0.1) is 0 Å². The van der Waals surface area contributed by atoms with E-state index in [2.05, 4.69) is 25.1 Å². The molecule has 1 heterocycles. The molecule has 1 atom stereocenters. The molecule has 1 aliphatic rings. The van der Waals surface area contributed by atoms with Gasteiger partial charge < -0.3 is 9.84 Å². The molecule has 0 saturated carbocycles. The second-order valence-corrected chi connectivity index (χ2v) is 5.44. The summed E-state index contributed by atoms with van der Waals surface area (Å²) in [5, 5.41) is 14.1. The molecule has 3 aromatic rings. The van der Waals surface area contributed by atoms with E-state index >= 15 is 0 Å². The number of aromatic hydroxyl groups is 1. The van der Waals surface area contributed by atoms with Crippen molar-refractivity contribution >= 4 is 21.5 Å². The zero-order chi connectivity index (χ0) is 14.7. The standard InChI is InChI=1S/C14H10O.C5H10O/c15-12-7-8-14-11(9-12)6-5-10-3-1-2-4-13(10)14;1-2-3-5-4-6-5/h1-9,15H;5H,2-4H2,1H3. The molecule has 1 unspecified atom stereocenters. The first kappa shape index (κ1) is 13.9. The molecule has 21 heavy (non-hydrogen) atoms. The van der Waals surface area contributed by atoms with E-state index in [9.17, 15) is 5.11 Å². The van der Waals surface area contributed by atoms with Crippen molar-refractivity contribution in [3.63, 3.8) is 0 Å². The Hall–Kier alpha value is -2.06. The van der Waals surface area contributed by atoms with Gasteiger partial charge in [0, 0.05) is 0 Å². The number of benzene rings is 3. The van der Waals surface area contributed by atoms with E-state index < -0.39 is 0 Å². The molecule has 0 amide bonds. The minimum Gasteiger partial charge on any atom is -0.508 e. The van der Waals surface area contributed by atoms with Crippen LogP contribution in [-0.4, -0.2) is 17.8 Å². The van der Waals surface area contributed by atoms with Crippen molar-refractivity contribution in [2.45, 2.75) is 25.9 Å². The van der Waals surface area contributed by atoms with Crippen LogP contribution in [0.15, 0.2) is 54.6 Å². The summed E-state index contributed by atoms with van der Waals surface area (Å²) in [6, 6.07) is 17.9. The highest BCUT2D eigenvalue weighted by atomic mass is 16.6. The van der Waals surface area contributed by atoms with E-state index in [4.69, 9.17) is 4.74 Å². The summed E-state index contributed by atoms with van der Waals surface area (Å²) in [6.07, 6.45) is 3.18. The van der Waals surface area contributed by atoms with Gasteiger partial charge in [0.2, 0.25) is 0 Å². The molecule has 108 valence electrons. The normalized spacial score (nSPS) is 16.5. The maximum atomic E-state index is 9.40. The van der Waals surface area contributed by atoms with Crippen molar-refractivity contribution in [2.24, 2.45) is 0 Å². The maximum Gasteiger partial charge on any atom is 0.116 e. The molecule has 0 bridgehead atoms. The topological polar surface area (TPSA) is 32.8 Å². The molecule has 0 aromatic heterocycles. The van der Waals surface area contributed by atoms with Gasteiger partial charge >= 0.3 is 0 Å². The van der Waals surface area contributed by atoms with Gasteiger partial charge in [-0.3, -0.25) is 0 Å². The first-order chi connectivity index (χ1) is 10.3. The average Bonchev–Trinajstić information content (AvgIpc) is 3.32. The van der Waals surface area contributed by atoms with Crippen LogP contribution < -0.4 is 0 Å². The number of phenols is 1. The number of rotatable bonds is 2. The van der Waals surface area contributed by atoms with E-state index in [-0.39, 0.29) is 0 Å². The van der Waals surface area contributed by atoms with E-state index in [1.54, 1.807) is 12.1 Å². The van der Waals surface area contributed by atoms with Crippen molar-refractivity contribution < 1.29 is 9.84 Å². The van der Waals surface area contributed by atoms with E-state index in [1.807, 2.05) is 24.3 Å². The first-order valence-electron chi connectivity index (χ1n) is 7.50. The Labute approximate surface area is 125 Å². The molecule has 1 N–H and O–H groups in total. The third-order valence-electron chi connectivity index (χ3n) is 3.74. The second-order valence-electron chi connectivity index (χ2n) is 5.44. The molecule has 2 nitrogen and oxygen atoms in total. The molecular weight excluding hydrogens is 260 g/mol. The number of ether oxygens (including phenoxy) is 1. The minimum absolute atomic E-state index is 0.317. The molecule has 0 aliphatic carbocycles. The van der Waals surface area contributed by atoms with Gasteiger partial charge in [-0.25, -0.2) is 0 Å². The van der Waals surface area contributed by atoms with Crippen LogP contribution >= 0.6 is 0 Å². The molecule has 1 fully saturated rings. The zero-order valence-electron chi connectivity index (χ0n) is 12.3. The summed E-state index contributed by atoms with van der Waals surface area (Å²) in [6.45, 7) is 3.20. The largest absolute Gasteiger partial charge is 0.508 e. The van der Waals surface area contributed by atoms with Crippen molar-refractivity contribution in [3.8, 4) is 5.75 Å². The van der Waals surface area contributed by atoms with Crippen LogP contribution in [-0.2, 0) is 4.74 Å². The Bertz CT molecular complexity index is 745. The zero-order valence-corrected chi connectivity index (χ0v) is 12.3. The number of hydrogen-bond acceptors (Lipinski definition) is 2. The van der Waals surface area contributed by atoms with E-state index in [0.29, 0.717) is 11.9 Å². The van der Waals surface area contributed by atoms with Gasteiger partial charge in [0.05, 0.1) is 12.7 Å². The van der Waals surface area contributed by atoms with Crippen molar-refractivity contribution in [1.29, 1.82) is 0 Å². The Balaban J connectivity index is 0.000000186. The number of fused-ring (bicyclic) bond motifs is 3. The van der Waals surface area contributed by atoms with Crippen molar-refractivity contribution in [3.05, 3.63) is 54.6 Å². The van der Waals surface area contributed by atoms with Gasteiger partial charge in [-0.1, -0.05) is 55.8 Å². The van der Waals surface area contributed by atoms with Crippen molar-refractivity contribution in [2.75, 3.05) is 6.61 Å². The lowest BCUT2D eigenvalue weighted by Crippen LogP contribution is -1.78. The molecule has 3 aromatic carbocycles. The van der Waals surface area contributed by atoms with Crippen LogP contribution in [0.25, 0.3) is 21.5 Å². The number of phenolic OH excluding ortho intramolecular Hbond substituents is 1. The molecule has 1 aliphatic heterocycles. The second kappa shape index (κ2) is 6.15. The predicted molar refractivity (Wildman–Crippen MR) is 87.8 cm³/mol. The monoisotopic (exact) mass is 280 g/mol. The average molecular weight is 280 g/mol. The van der Waals surface area contributed by atoms with E-state index in [1.165, 1.54) is 29.0 Å². The summed E-state index contributed by atoms with van der Waals surface area (Å²) in [4.78, 5) is 0. The van der Waals surface area contributed by atoms with Crippen molar-refractivity contribution in [1.82, 2.24) is 0 Å². The lowest BCUT2D eigenvalue weighted by molar-refractivity contribution is 0.395. The summed E-state index contributed by atoms with van der Waals surface area (Å²) >= 11 is 0. The first-order valence-corrected chi connectivity index (χ1v) is 7.50. The van der Waals surface area contributed by atoms with Crippen LogP contribution in [0.4, 0.5) is 0 Å².